The number of thioether (sulfide) groups is 1. The Morgan fingerprint density at radius 3 is 2.59 bits per heavy atom. The first-order valence-electron chi connectivity index (χ1n) is 5.22. The fourth-order valence-electron chi connectivity index (χ4n) is 1.64. The molecule has 1 aromatic carbocycles. The first kappa shape index (κ1) is 11.9. The van der Waals surface area contributed by atoms with E-state index in [1.807, 2.05) is 30.3 Å². The molecule has 2 rings (SSSR count). The van der Waals surface area contributed by atoms with Crippen molar-refractivity contribution >= 4 is 28.7 Å². The average molecular weight is 248 g/mol. The van der Waals surface area contributed by atoms with Crippen molar-refractivity contribution in [3.05, 3.63) is 35.9 Å². The third-order valence-electron chi connectivity index (χ3n) is 2.53. The summed E-state index contributed by atoms with van der Waals surface area (Å²) < 4.78 is 0. The summed E-state index contributed by atoms with van der Waals surface area (Å²) in [7, 11) is 0. The molecule has 4 nitrogen and oxygen atoms in total. The van der Waals surface area contributed by atoms with Crippen LogP contribution in [0.5, 0.6) is 0 Å². The van der Waals surface area contributed by atoms with Gasteiger partial charge in [-0.05, 0) is 18.2 Å². The monoisotopic (exact) mass is 248 g/mol. The molecular formula is C12H12N2O2S. The van der Waals surface area contributed by atoms with Crippen molar-refractivity contribution in [2.24, 2.45) is 10.9 Å². The van der Waals surface area contributed by atoms with Gasteiger partial charge in [0, 0.05) is 0 Å². The Morgan fingerprint density at radius 2 is 2.00 bits per heavy atom. The molecule has 1 aromatic rings. The molecule has 0 saturated heterocycles. The van der Waals surface area contributed by atoms with Gasteiger partial charge in [-0.1, -0.05) is 42.1 Å². The molecule has 1 aliphatic rings. The van der Waals surface area contributed by atoms with Crippen LogP contribution in [0.2, 0.25) is 0 Å². The van der Waals surface area contributed by atoms with E-state index < -0.39 is 5.92 Å². The smallest absolute Gasteiger partial charge is 0.261 e. The van der Waals surface area contributed by atoms with E-state index in [2.05, 4.69) is 10.3 Å². The number of rotatable bonds is 2. The van der Waals surface area contributed by atoms with Crippen LogP contribution in [0, 0.1) is 5.92 Å². The minimum Gasteiger partial charge on any atom is -0.304 e. The number of amides is 2. The van der Waals surface area contributed by atoms with E-state index in [9.17, 15) is 9.59 Å². The molecule has 0 fully saturated rings. The number of benzene rings is 1. The van der Waals surface area contributed by atoms with E-state index in [1.165, 1.54) is 11.8 Å². The molecule has 88 valence electrons. The van der Waals surface area contributed by atoms with Gasteiger partial charge in [0.1, 0.15) is 5.92 Å². The maximum Gasteiger partial charge on any atom is 0.261 e. The number of carbonyl (C=O) groups is 2. The van der Waals surface area contributed by atoms with Gasteiger partial charge in [0.05, 0.1) is 0 Å². The predicted octanol–water partition coefficient (Wildman–Crippen LogP) is 1.22. The Hall–Kier alpha value is -1.62. The molecule has 0 bridgehead atoms. The van der Waals surface area contributed by atoms with Gasteiger partial charge in [0.25, 0.3) is 5.91 Å². The van der Waals surface area contributed by atoms with Crippen molar-refractivity contribution < 1.29 is 9.59 Å². The van der Waals surface area contributed by atoms with Gasteiger partial charge >= 0.3 is 0 Å². The maximum atomic E-state index is 11.8. The molecule has 5 heteroatoms. The van der Waals surface area contributed by atoms with Crippen LogP contribution in [0.25, 0.3) is 0 Å². The van der Waals surface area contributed by atoms with Crippen LogP contribution in [-0.4, -0.2) is 23.2 Å². The first-order chi connectivity index (χ1) is 8.20. The molecule has 17 heavy (non-hydrogen) atoms. The number of carbonyl (C=O) groups excluding carboxylic acids is 2. The van der Waals surface area contributed by atoms with E-state index in [1.54, 1.807) is 6.26 Å². The van der Waals surface area contributed by atoms with Gasteiger partial charge < -0.3 is 5.32 Å². The van der Waals surface area contributed by atoms with E-state index in [0.29, 0.717) is 11.6 Å². The molecule has 1 N–H and O–H groups in total. The fraction of sp³-hybridized carbons (Fsp3) is 0.250. The highest BCUT2D eigenvalue weighted by molar-refractivity contribution is 8.13. The largest absolute Gasteiger partial charge is 0.304 e. The lowest BCUT2D eigenvalue weighted by molar-refractivity contribution is -0.133. The number of hydrogen-bond donors (Lipinski definition) is 1. The summed E-state index contributed by atoms with van der Waals surface area (Å²) in [6.45, 7) is 0. The maximum absolute atomic E-state index is 11.8. The number of hydrogen-bond acceptors (Lipinski definition) is 3. The van der Waals surface area contributed by atoms with Gasteiger partial charge in [-0.15, -0.1) is 0 Å². The fourth-order valence-corrected chi connectivity index (χ4v) is 2.02. The van der Waals surface area contributed by atoms with Gasteiger partial charge in [0.2, 0.25) is 5.91 Å². The summed E-state index contributed by atoms with van der Waals surface area (Å²) in [5.41, 5.74) is 0.962. The van der Waals surface area contributed by atoms with Gasteiger partial charge in [-0.3, -0.25) is 9.59 Å². The van der Waals surface area contributed by atoms with Crippen molar-refractivity contribution in [2.75, 3.05) is 6.26 Å². The van der Waals surface area contributed by atoms with E-state index >= 15 is 0 Å². The molecule has 0 aliphatic carbocycles. The Balaban J connectivity index is 2.15. The zero-order chi connectivity index (χ0) is 12.3. The molecule has 1 aliphatic heterocycles. The van der Waals surface area contributed by atoms with Crippen molar-refractivity contribution in [2.45, 2.75) is 6.42 Å². The van der Waals surface area contributed by atoms with Crippen molar-refractivity contribution in [3.63, 3.8) is 0 Å². The normalized spacial score (nSPS) is 19.8. The van der Waals surface area contributed by atoms with Crippen LogP contribution in [0.1, 0.15) is 5.56 Å². The summed E-state index contributed by atoms with van der Waals surface area (Å²) in [4.78, 5) is 27.3. The van der Waals surface area contributed by atoms with Crippen LogP contribution in [0.4, 0.5) is 0 Å². The van der Waals surface area contributed by atoms with Crippen LogP contribution < -0.4 is 5.32 Å². The van der Waals surface area contributed by atoms with Crippen LogP contribution in [-0.2, 0) is 16.0 Å². The molecular weight excluding hydrogens is 236 g/mol. The molecule has 1 unspecified atom stereocenters. The Morgan fingerprint density at radius 1 is 1.29 bits per heavy atom. The zero-order valence-electron chi connectivity index (χ0n) is 9.34. The summed E-state index contributed by atoms with van der Waals surface area (Å²) in [5.74, 6) is -1.33. The Kier molecular flexibility index (Phi) is 3.58. The topological polar surface area (TPSA) is 58.5 Å². The average Bonchev–Trinajstić information content (AvgIpc) is 2.35. The second-order valence-corrected chi connectivity index (χ2v) is 4.49. The highest BCUT2D eigenvalue weighted by atomic mass is 32.2. The Bertz CT molecular complexity index is 471. The van der Waals surface area contributed by atoms with E-state index in [4.69, 9.17) is 0 Å². The third-order valence-corrected chi connectivity index (χ3v) is 3.11. The predicted molar refractivity (Wildman–Crippen MR) is 67.7 cm³/mol. The number of amidine groups is 1. The standard InChI is InChI=1S/C12H12N2O2S/c1-17-12-13-10(15)9(11(16)14-12)7-8-5-3-2-4-6-8/h2-6,9H,7H2,1H3,(H,13,14,15,16). The number of aliphatic imine (C=N–C) groups is 1. The minimum atomic E-state index is -0.701. The van der Waals surface area contributed by atoms with E-state index in [-0.39, 0.29) is 11.8 Å². The van der Waals surface area contributed by atoms with Crippen LogP contribution >= 0.6 is 11.8 Å². The van der Waals surface area contributed by atoms with Gasteiger partial charge in [-0.2, -0.15) is 4.99 Å². The Labute approximate surface area is 104 Å². The van der Waals surface area contributed by atoms with Crippen molar-refractivity contribution in [3.8, 4) is 0 Å². The lowest BCUT2D eigenvalue weighted by Crippen LogP contribution is -2.43. The van der Waals surface area contributed by atoms with E-state index in [0.717, 1.165) is 5.56 Å². The summed E-state index contributed by atoms with van der Waals surface area (Å²) in [6, 6.07) is 9.47. The second kappa shape index (κ2) is 5.14. The van der Waals surface area contributed by atoms with Crippen LogP contribution in [0.15, 0.2) is 35.3 Å². The molecule has 0 saturated carbocycles. The molecule has 0 radical (unpaired) electrons. The first-order valence-corrected chi connectivity index (χ1v) is 6.44. The zero-order valence-corrected chi connectivity index (χ0v) is 10.2. The quantitative estimate of drug-likeness (QED) is 0.801. The summed E-state index contributed by atoms with van der Waals surface area (Å²) in [6.07, 6.45) is 2.17. The minimum absolute atomic E-state index is 0.266. The lowest BCUT2D eigenvalue weighted by atomic mass is 9.97. The highest BCUT2D eigenvalue weighted by Gasteiger charge is 2.31. The molecule has 1 heterocycles. The summed E-state index contributed by atoms with van der Waals surface area (Å²) in [5, 5.41) is 3.00. The van der Waals surface area contributed by atoms with Gasteiger partial charge in [-0.25, -0.2) is 0 Å². The number of nitrogens with one attached hydrogen (secondary N) is 1. The molecule has 0 spiro atoms. The number of nitrogens with zero attached hydrogens (tertiary/aromatic N) is 1. The van der Waals surface area contributed by atoms with Crippen molar-refractivity contribution in [1.82, 2.24) is 5.32 Å². The second-order valence-electron chi connectivity index (χ2n) is 3.69. The molecule has 2 amide bonds. The highest BCUT2D eigenvalue weighted by Crippen LogP contribution is 2.15. The SMILES string of the molecule is CSC1=NC(=O)C(Cc2ccccc2)C(=O)N1. The molecule has 0 aromatic heterocycles. The lowest BCUT2D eigenvalue weighted by Gasteiger charge is -2.18. The molecule has 1 atom stereocenters. The van der Waals surface area contributed by atoms with Gasteiger partial charge in [0.15, 0.2) is 5.17 Å². The van der Waals surface area contributed by atoms with Crippen LogP contribution in [0.3, 0.4) is 0 Å². The third kappa shape index (κ3) is 2.74. The summed E-state index contributed by atoms with van der Waals surface area (Å²) >= 11 is 1.26. The van der Waals surface area contributed by atoms with Crippen molar-refractivity contribution in [1.29, 1.82) is 0 Å².